The highest BCUT2D eigenvalue weighted by Crippen LogP contribution is 2.36. The van der Waals surface area contributed by atoms with Gasteiger partial charge in [0.2, 0.25) is 5.91 Å². The van der Waals surface area contributed by atoms with Gasteiger partial charge in [0, 0.05) is 5.69 Å². The summed E-state index contributed by atoms with van der Waals surface area (Å²) in [5, 5.41) is 2.97. The molecule has 148 valence electrons. The molecule has 0 saturated heterocycles. The van der Waals surface area contributed by atoms with Crippen molar-refractivity contribution in [3.05, 3.63) is 52.6 Å². The Kier molecular flexibility index (Phi) is 5.20. The molecule has 0 bridgehead atoms. The zero-order valence-corrected chi connectivity index (χ0v) is 17.5. The van der Waals surface area contributed by atoms with Crippen LogP contribution in [0, 0.1) is 20.8 Å². The summed E-state index contributed by atoms with van der Waals surface area (Å²) >= 11 is 0. The number of carbonyl (C=O) groups is 2. The van der Waals surface area contributed by atoms with Crippen LogP contribution in [0.1, 0.15) is 43.0 Å². The van der Waals surface area contributed by atoms with Gasteiger partial charge in [-0.2, -0.15) is 0 Å². The van der Waals surface area contributed by atoms with Gasteiger partial charge in [0.15, 0.2) is 6.61 Å². The lowest BCUT2D eigenvalue weighted by Crippen LogP contribution is -2.43. The number of fused-ring (bicyclic) bond motifs is 1. The van der Waals surface area contributed by atoms with Gasteiger partial charge in [-0.25, -0.2) is 0 Å². The standard InChI is InChI=1S/C23H28N2O3/c1-14-9-15(2)22(16(3)10-14)24-20(26)12-25-18-8-7-17(23(4,5)6)11-19(18)28-13-21(25)27/h7-11H,12-13H2,1-6H3,(H,24,26). The monoisotopic (exact) mass is 380 g/mol. The highest BCUT2D eigenvalue weighted by molar-refractivity contribution is 6.05. The first-order valence-corrected chi connectivity index (χ1v) is 9.51. The van der Waals surface area contributed by atoms with Crippen LogP contribution in [0.25, 0.3) is 0 Å². The molecule has 0 unspecified atom stereocenters. The van der Waals surface area contributed by atoms with E-state index < -0.39 is 0 Å². The Labute approximate surface area is 166 Å². The summed E-state index contributed by atoms with van der Waals surface area (Å²) in [5.74, 6) is 0.196. The number of hydrogen-bond donors (Lipinski definition) is 1. The van der Waals surface area contributed by atoms with Crippen LogP contribution in [0.3, 0.4) is 0 Å². The minimum atomic E-state index is -0.226. The number of benzene rings is 2. The molecule has 0 spiro atoms. The number of ether oxygens (including phenoxy) is 1. The molecule has 0 aliphatic carbocycles. The van der Waals surface area contributed by atoms with E-state index in [9.17, 15) is 9.59 Å². The smallest absolute Gasteiger partial charge is 0.265 e. The van der Waals surface area contributed by atoms with Crippen LogP contribution in [0.2, 0.25) is 0 Å². The number of carbonyl (C=O) groups excluding carboxylic acids is 2. The fourth-order valence-corrected chi connectivity index (χ4v) is 3.54. The Hall–Kier alpha value is -2.82. The molecule has 1 aliphatic rings. The molecule has 2 amide bonds. The summed E-state index contributed by atoms with van der Waals surface area (Å²) in [4.78, 5) is 26.6. The number of aryl methyl sites for hydroxylation is 3. The number of rotatable bonds is 3. The van der Waals surface area contributed by atoms with Gasteiger partial charge in [0.1, 0.15) is 12.3 Å². The van der Waals surface area contributed by atoms with Crippen molar-refractivity contribution in [3.63, 3.8) is 0 Å². The zero-order chi connectivity index (χ0) is 20.6. The van der Waals surface area contributed by atoms with E-state index >= 15 is 0 Å². The first-order valence-electron chi connectivity index (χ1n) is 9.51. The largest absolute Gasteiger partial charge is 0.482 e. The van der Waals surface area contributed by atoms with E-state index in [1.54, 1.807) is 0 Å². The second-order valence-electron chi connectivity index (χ2n) is 8.52. The first-order chi connectivity index (χ1) is 13.1. The van der Waals surface area contributed by atoms with Crippen LogP contribution >= 0.6 is 0 Å². The second-order valence-corrected chi connectivity index (χ2v) is 8.52. The van der Waals surface area contributed by atoms with Crippen LogP contribution in [0.4, 0.5) is 11.4 Å². The van der Waals surface area contributed by atoms with Crippen molar-refractivity contribution in [2.75, 3.05) is 23.4 Å². The van der Waals surface area contributed by atoms with E-state index in [0.717, 1.165) is 27.9 Å². The molecule has 1 N–H and O–H groups in total. The molecule has 2 aromatic carbocycles. The van der Waals surface area contributed by atoms with Crippen LogP contribution in [0.5, 0.6) is 5.75 Å². The third-order valence-electron chi connectivity index (χ3n) is 5.01. The first kappa shape index (κ1) is 19.9. The molecule has 1 aliphatic heterocycles. The second kappa shape index (κ2) is 7.30. The lowest BCUT2D eigenvalue weighted by atomic mass is 9.86. The van der Waals surface area contributed by atoms with Gasteiger partial charge in [-0.1, -0.05) is 44.5 Å². The quantitative estimate of drug-likeness (QED) is 0.865. The minimum Gasteiger partial charge on any atom is -0.482 e. The Morgan fingerprint density at radius 3 is 2.36 bits per heavy atom. The molecule has 0 aromatic heterocycles. The molecule has 0 saturated carbocycles. The van der Waals surface area contributed by atoms with Crippen LogP contribution in [0.15, 0.2) is 30.3 Å². The minimum absolute atomic E-state index is 0.0253. The Morgan fingerprint density at radius 2 is 1.75 bits per heavy atom. The van der Waals surface area contributed by atoms with E-state index in [4.69, 9.17) is 4.74 Å². The molecule has 28 heavy (non-hydrogen) atoms. The molecular formula is C23H28N2O3. The summed E-state index contributed by atoms with van der Waals surface area (Å²) in [5.41, 5.74) is 5.71. The molecule has 2 aromatic rings. The Balaban J connectivity index is 1.83. The maximum absolute atomic E-state index is 12.7. The van der Waals surface area contributed by atoms with Crippen molar-refractivity contribution in [3.8, 4) is 5.75 Å². The number of nitrogens with one attached hydrogen (secondary N) is 1. The van der Waals surface area contributed by atoms with Gasteiger partial charge in [0.25, 0.3) is 5.91 Å². The molecule has 0 fully saturated rings. The van der Waals surface area contributed by atoms with Crippen molar-refractivity contribution in [2.24, 2.45) is 0 Å². The van der Waals surface area contributed by atoms with E-state index in [0.29, 0.717) is 11.4 Å². The Bertz CT molecular complexity index is 918. The predicted octanol–water partition coefficient (Wildman–Crippen LogP) is 4.27. The van der Waals surface area contributed by atoms with E-state index in [1.165, 1.54) is 4.90 Å². The molecule has 5 nitrogen and oxygen atoms in total. The third kappa shape index (κ3) is 4.03. The maximum Gasteiger partial charge on any atom is 0.265 e. The highest BCUT2D eigenvalue weighted by atomic mass is 16.5. The average molecular weight is 380 g/mol. The van der Waals surface area contributed by atoms with E-state index in [1.807, 2.05) is 51.1 Å². The van der Waals surface area contributed by atoms with Crippen LogP contribution in [-0.2, 0) is 15.0 Å². The summed E-state index contributed by atoms with van der Waals surface area (Å²) in [6, 6.07) is 9.88. The number of anilines is 2. The van der Waals surface area contributed by atoms with Crippen LogP contribution < -0.4 is 15.0 Å². The molecule has 5 heteroatoms. The van der Waals surface area contributed by atoms with Crippen molar-refractivity contribution in [2.45, 2.75) is 47.0 Å². The fraction of sp³-hybridized carbons (Fsp3) is 0.391. The van der Waals surface area contributed by atoms with Gasteiger partial charge in [-0.3, -0.25) is 14.5 Å². The summed E-state index contributed by atoms with van der Waals surface area (Å²) in [6.45, 7) is 12.2. The molecule has 3 rings (SSSR count). The molecule has 0 radical (unpaired) electrons. The van der Waals surface area contributed by atoms with E-state index in [-0.39, 0.29) is 30.4 Å². The third-order valence-corrected chi connectivity index (χ3v) is 5.01. The summed E-state index contributed by atoms with van der Waals surface area (Å²) < 4.78 is 5.63. The van der Waals surface area contributed by atoms with Crippen molar-refractivity contribution < 1.29 is 14.3 Å². The lowest BCUT2D eigenvalue weighted by Gasteiger charge is -2.30. The number of amides is 2. The van der Waals surface area contributed by atoms with Crippen molar-refractivity contribution >= 4 is 23.2 Å². The van der Waals surface area contributed by atoms with Crippen molar-refractivity contribution in [1.82, 2.24) is 0 Å². The van der Waals surface area contributed by atoms with Gasteiger partial charge in [0.05, 0.1) is 5.69 Å². The molecular weight excluding hydrogens is 352 g/mol. The fourth-order valence-electron chi connectivity index (χ4n) is 3.54. The highest BCUT2D eigenvalue weighted by Gasteiger charge is 2.29. The topological polar surface area (TPSA) is 58.6 Å². The van der Waals surface area contributed by atoms with Crippen LogP contribution in [-0.4, -0.2) is 25.0 Å². The van der Waals surface area contributed by atoms with Gasteiger partial charge in [-0.15, -0.1) is 0 Å². The maximum atomic E-state index is 12.7. The SMILES string of the molecule is Cc1cc(C)c(NC(=O)CN2C(=O)COc3cc(C(C)(C)C)ccc32)c(C)c1. The van der Waals surface area contributed by atoms with Gasteiger partial charge >= 0.3 is 0 Å². The summed E-state index contributed by atoms with van der Waals surface area (Å²) in [6.07, 6.45) is 0. The Morgan fingerprint density at radius 1 is 1.11 bits per heavy atom. The summed E-state index contributed by atoms with van der Waals surface area (Å²) in [7, 11) is 0. The normalized spacial score (nSPS) is 13.8. The molecule has 1 heterocycles. The zero-order valence-electron chi connectivity index (χ0n) is 17.5. The van der Waals surface area contributed by atoms with E-state index in [2.05, 4.69) is 26.1 Å². The van der Waals surface area contributed by atoms with Gasteiger partial charge in [-0.05, 0) is 55.0 Å². The van der Waals surface area contributed by atoms with Gasteiger partial charge < -0.3 is 10.1 Å². The van der Waals surface area contributed by atoms with Crippen molar-refractivity contribution in [1.29, 1.82) is 0 Å². The lowest BCUT2D eigenvalue weighted by molar-refractivity contribution is -0.123. The average Bonchev–Trinajstić information content (AvgIpc) is 2.59. The number of nitrogens with zero attached hydrogens (tertiary/aromatic N) is 1. The predicted molar refractivity (Wildman–Crippen MR) is 112 cm³/mol. The number of hydrogen-bond acceptors (Lipinski definition) is 3. The molecule has 0 atom stereocenters.